The first-order valence-corrected chi connectivity index (χ1v) is 5.44. The Morgan fingerprint density at radius 1 is 1.38 bits per heavy atom. The number of ether oxygens (including phenoxy) is 1. The molecule has 0 rings (SSSR count). The lowest BCUT2D eigenvalue weighted by Crippen LogP contribution is -2.35. The van der Waals surface area contributed by atoms with Crippen LogP contribution in [-0.4, -0.2) is 43.2 Å². The predicted octanol–water partition coefficient (Wildman–Crippen LogP) is 1.70. The lowest BCUT2D eigenvalue weighted by Gasteiger charge is -2.19. The highest BCUT2D eigenvalue weighted by atomic mass is 19.4. The Bertz CT molecular complexity index is 176. The van der Waals surface area contributed by atoms with E-state index in [1.165, 1.54) is 0 Å². The third kappa shape index (κ3) is 7.03. The summed E-state index contributed by atoms with van der Waals surface area (Å²) in [5.74, 6) is 0. The Balaban J connectivity index is 3.69. The minimum absolute atomic E-state index is 0.0113. The Labute approximate surface area is 94.0 Å². The first-order chi connectivity index (χ1) is 7.41. The van der Waals surface area contributed by atoms with Crippen molar-refractivity contribution in [3.63, 3.8) is 0 Å². The van der Waals surface area contributed by atoms with Crippen LogP contribution in [-0.2, 0) is 4.74 Å². The summed E-state index contributed by atoms with van der Waals surface area (Å²) in [6, 6.07) is -0.194. The third-order valence-electron chi connectivity index (χ3n) is 2.20. The maximum atomic E-state index is 12.1. The van der Waals surface area contributed by atoms with Crippen molar-refractivity contribution in [3.8, 4) is 0 Å². The highest BCUT2D eigenvalue weighted by Gasteiger charge is 2.36. The number of hydrogen-bond acceptors (Lipinski definition) is 3. The van der Waals surface area contributed by atoms with Crippen LogP contribution in [0.15, 0.2) is 0 Å². The summed E-state index contributed by atoms with van der Waals surface area (Å²) < 4.78 is 40.8. The Morgan fingerprint density at radius 2 is 2.00 bits per heavy atom. The normalized spacial score (nSPS) is 16.1. The molecule has 2 atom stereocenters. The van der Waals surface area contributed by atoms with Gasteiger partial charge in [0, 0.05) is 12.6 Å². The molecule has 16 heavy (non-hydrogen) atoms. The van der Waals surface area contributed by atoms with Crippen LogP contribution in [0.2, 0.25) is 0 Å². The van der Waals surface area contributed by atoms with E-state index in [0.29, 0.717) is 6.42 Å². The molecule has 98 valence electrons. The van der Waals surface area contributed by atoms with E-state index in [0.717, 1.165) is 19.9 Å². The van der Waals surface area contributed by atoms with Gasteiger partial charge < -0.3 is 15.2 Å². The third-order valence-corrected chi connectivity index (χ3v) is 2.20. The van der Waals surface area contributed by atoms with E-state index in [9.17, 15) is 13.2 Å². The second kappa shape index (κ2) is 7.86. The Morgan fingerprint density at radius 3 is 2.44 bits per heavy atom. The van der Waals surface area contributed by atoms with E-state index in [1.54, 1.807) is 0 Å². The Kier molecular flexibility index (Phi) is 7.70. The van der Waals surface area contributed by atoms with Crippen LogP contribution < -0.4 is 5.32 Å². The second-order valence-electron chi connectivity index (χ2n) is 3.68. The molecule has 2 N–H and O–H groups in total. The van der Waals surface area contributed by atoms with Crippen molar-refractivity contribution in [1.29, 1.82) is 0 Å². The van der Waals surface area contributed by atoms with Crippen molar-refractivity contribution in [1.82, 2.24) is 5.32 Å². The maximum absolute atomic E-state index is 12.1. The molecule has 3 nitrogen and oxygen atoms in total. The zero-order valence-electron chi connectivity index (χ0n) is 9.68. The van der Waals surface area contributed by atoms with Crippen molar-refractivity contribution < 1.29 is 23.0 Å². The SMILES string of the molecule is CCCNC(CO)CCOC(C)C(F)(F)F. The summed E-state index contributed by atoms with van der Waals surface area (Å²) in [6.07, 6.45) is -4.78. The molecule has 0 amide bonds. The summed E-state index contributed by atoms with van der Waals surface area (Å²) in [4.78, 5) is 0. The molecule has 2 unspecified atom stereocenters. The number of rotatable bonds is 8. The van der Waals surface area contributed by atoms with Crippen LogP contribution in [0.25, 0.3) is 0 Å². The number of halogens is 3. The monoisotopic (exact) mass is 243 g/mol. The van der Waals surface area contributed by atoms with Crippen molar-refractivity contribution in [2.24, 2.45) is 0 Å². The van der Waals surface area contributed by atoms with E-state index >= 15 is 0 Å². The summed E-state index contributed by atoms with van der Waals surface area (Å²) in [5, 5.41) is 12.0. The average molecular weight is 243 g/mol. The first-order valence-electron chi connectivity index (χ1n) is 5.44. The zero-order valence-corrected chi connectivity index (χ0v) is 9.68. The molecule has 0 fully saturated rings. The van der Waals surface area contributed by atoms with Crippen LogP contribution in [0.1, 0.15) is 26.7 Å². The maximum Gasteiger partial charge on any atom is 0.414 e. The van der Waals surface area contributed by atoms with Crippen LogP contribution in [0.4, 0.5) is 13.2 Å². The van der Waals surface area contributed by atoms with E-state index in [-0.39, 0.29) is 19.3 Å². The first kappa shape index (κ1) is 15.7. The largest absolute Gasteiger partial charge is 0.414 e. The standard InChI is InChI=1S/C10H20F3NO2/c1-3-5-14-9(7-15)4-6-16-8(2)10(11,12)13/h8-9,14-15H,3-7H2,1-2H3. The summed E-state index contributed by atoms with van der Waals surface area (Å²) in [7, 11) is 0. The fraction of sp³-hybridized carbons (Fsp3) is 1.00. The van der Waals surface area contributed by atoms with Crippen LogP contribution in [0.3, 0.4) is 0 Å². The van der Waals surface area contributed by atoms with Crippen LogP contribution in [0, 0.1) is 0 Å². The van der Waals surface area contributed by atoms with Crippen molar-refractivity contribution >= 4 is 0 Å². The summed E-state index contributed by atoms with van der Waals surface area (Å²) in [6.45, 7) is 3.59. The highest BCUT2D eigenvalue weighted by molar-refractivity contribution is 4.66. The second-order valence-corrected chi connectivity index (χ2v) is 3.68. The number of aliphatic hydroxyl groups is 1. The van der Waals surface area contributed by atoms with Gasteiger partial charge in [0.2, 0.25) is 0 Å². The van der Waals surface area contributed by atoms with Crippen molar-refractivity contribution in [2.45, 2.75) is 45.0 Å². The highest BCUT2D eigenvalue weighted by Crippen LogP contribution is 2.22. The van der Waals surface area contributed by atoms with Crippen molar-refractivity contribution in [3.05, 3.63) is 0 Å². The molecule has 0 saturated carbocycles. The van der Waals surface area contributed by atoms with Crippen LogP contribution in [0.5, 0.6) is 0 Å². The quantitative estimate of drug-likeness (QED) is 0.682. The molecular formula is C10H20F3NO2. The molecule has 0 aromatic carbocycles. The number of aliphatic hydroxyl groups excluding tert-OH is 1. The fourth-order valence-electron chi connectivity index (χ4n) is 1.09. The van der Waals surface area contributed by atoms with Gasteiger partial charge in [-0.05, 0) is 26.3 Å². The molecule has 0 heterocycles. The minimum atomic E-state index is -4.31. The van der Waals surface area contributed by atoms with Crippen molar-refractivity contribution in [2.75, 3.05) is 19.8 Å². The molecule has 6 heteroatoms. The molecule has 0 radical (unpaired) electrons. The zero-order chi connectivity index (χ0) is 12.6. The molecule has 0 aromatic heterocycles. The van der Waals surface area contributed by atoms with E-state index in [4.69, 9.17) is 5.11 Å². The smallest absolute Gasteiger partial charge is 0.395 e. The van der Waals surface area contributed by atoms with E-state index < -0.39 is 12.3 Å². The molecule has 0 aromatic rings. The topological polar surface area (TPSA) is 41.5 Å². The van der Waals surface area contributed by atoms with E-state index in [1.807, 2.05) is 6.92 Å². The van der Waals surface area contributed by atoms with Gasteiger partial charge in [-0.1, -0.05) is 6.92 Å². The van der Waals surface area contributed by atoms with Gasteiger partial charge in [-0.2, -0.15) is 13.2 Å². The summed E-state index contributed by atoms with van der Waals surface area (Å²) in [5.41, 5.74) is 0. The van der Waals surface area contributed by atoms with Gasteiger partial charge in [0.05, 0.1) is 6.61 Å². The lowest BCUT2D eigenvalue weighted by atomic mass is 10.2. The molecule has 0 aliphatic rings. The molecule has 0 bridgehead atoms. The molecule has 0 saturated heterocycles. The average Bonchev–Trinajstić information content (AvgIpc) is 2.21. The number of hydrogen-bond donors (Lipinski definition) is 2. The van der Waals surface area contributed by atoms with Gasteiger partial charge >= 0.3 is 6.18 Å². The predicted molar refractivity (Wildman–Crippen MR) is 55.3 cm³/mol. The van der Waals surface area contributed by atoms with E-state index in [2.05, 4.69) is 10.1 Å². The molecule has 0 spiro atoms. The van der Waals surface area contributed by atoms with Gasteiger partial charge in [-0.15, -0.1) is 0 Å². The molecular weight excluding hydrogens is 223 g/mol. The Hall–Kier alpha value is -0.330. The van der Waals surface area contributed by atoms with Gasteiger partial charge in [-0.25, -0.2) is 0 Å². The molecule has 0 aliphatic heterocycles. The van der Waals surface area contributed by atoms with Crippen LogP contribution >= 0.6 is 0 Å². The number of nitrogens with one attached hydrogen (secondary N) is 1. The lowest BCUT2D eigenvalue weighted by molar-refractivity contribution is -0.214. The van der Waals surface area contributed by atoms with Gasteiger partial charge in [0.25, 0.3) is 0 Å². The van der Waals surface area contributed by atoms with Gasteiger partial charge in [0.1, 0.15) is 0 Å². The minimum Gasteiger partial charge on any atom is -0.395 e. The summed E-state index contributed by atoms with van der Waals surface area (Å²) >= 11 is 0. The number of alkyl halides is 3. The fourth-order valence-corrected chi connectivity index (χ4v) is 1.09. The van der Waals surface area contributed by atoms with Gasteiger partial charge in [0.15, 0.2) is 6.10 Å². The van der Waals surface area contributed by atoms with Gasteiger partial charge in [-0.3, -0.25) is 0 Å². The molecule has 0 aliphatic carbocycles.